The zero-order valence-corrected chi connectivity index (χ0v) is 12.5. The molecule has 2 aromatic rings. The normalized spacial score (nSPS) is 11.6. The number of aromatic nitrogens is 3. The fraction of sp³-hybridized carbons (Fsp3) is 0.500. The molecule has 1 amide bonds. The average Bonchev–Trinajstić information content (AvgIpc) is 2.96. The van der Waals surface area contributed by atoms with Crippen molar-refractivity contribution in [2.24, 2.45) is 0 Å². The third-order valence-corrected chi connectivity index (χ3v) is 3.42. The first-order chi connectivity index (χ1) is 9.38. The zero-order valence-electron chi connectivity index (χ0n) is 11.6. The van der Waals surface area contributed by atoms with Crippen LogP contribution in [0.1, 0.15) is 42.0 Å². The molecule has 0 unspecified atom stereocenters. The number of nitrogens with zero attached hydrogens (tertiary/aromatic N) is 3. The van der Waals surface area contributed by atoms with Crippen LogP contribution in [0.25, 0.3) is 0 Å². The van der Waals surface area contributed by atoms with Gasteiger partial charge in [-0.25, -0.2) is 4.98 Å². The van der Waals surface area contributed by atoms with Crippen molar-refractivity contribution in [3.05, 3.63) is 22.0 Å². The number of nitrogens with one attached hydrogen (secondary N) is 1. The highest BCUT2D eigenvalue weighted by molar-refractivity contribution is 7.11. The molecule has 0 bridgehead atoms. The van der Waals surface area contributed by atoms with Gasteiger partial charge in [-0.05, 0) is 0 Å². The van der Waals surface area contributed by atoms with Gasteiger partial charge in [-0.1, -0.05) is 25.9 Å². The van der Waals surface area contributed by atoms with E-state index < -0.39 is 0 Å². The summed E-state index contributed by atoms with van der Waals surface area (Å²) in [5, 5.41) is 10.1. The smallest absolute Gasteiger partial charge is 0.312 e. The summed E-state index contributed by atoms with van der Waals surface area (Å²) in [4.78, 5) is 17.1. The van der Waals surface area contributed by atoms with Crippen LogP contribution in [0.4, 0.5) is 6.01 Å². The van der Waals surface area contributed by atoms with Gasteiger partial charge in [-0.3, -0.25) is 4.79 Å². The van der Waals surface area contributed by atoms with Gasteiger partial charge in [-0.2, -0.15) is 0 Å². The fourth-order valence-corrected chi connectivity index (χ4v) is 2.59. The number of hydrogen-bond donors (Lipinski definition) is 2. The molecule has 108 valence electrons. The molecule has 7 nitrogen and oxygen atoms in total. The summed E-state index contributed by atoms with van der Waals surface area (Å²) < 4.78 is 5.03. The maximum atomic E-state index is 12.1. The van der Waals surface area contributed by atoms with E-state index >= 15 is 0 Å². The Balaban J connectivity index is 1.94. The molecule has 2 aromatic heterocycles. The van der Waals surface area contributed by atoms with Gasteiger partial charge in [0.25, 0.3) is 5.91 Å². The molecule has 8 heteroatoms. The molecule has 0 saturated heterocycles. The van der Waals surface area contributed by atoms with Gasteiger partial charge < -0.3 is 15.5 Å². The molecule has 3 N–H and O–H groups in total. The maximum Gasteiger partial charge on any atom is 0.312 e. The fourth-order valence-electron chi connectivity index (χ4n) is 1.67. The third kappa shape index (κ3) is 3.32. The van der Waals surface area contributed by atoms with E-state index in [4.69, 9.17) is 10.2 Å². The number of hydrogen-bond acceptors (Lipinski definition) is 7. The molecule has 20 heavy (non-hydrogen) atoms. The van der Waals surface area contributed by atoms with Crippen molar-refractivity contribution < 1.29 is 9.21 Å². The van der Waals surface area contributed by atoms with Crippen LogP contribution in [-0.2, 0) is 11.8 Å². The zero-order chi connectivity index (χ0) is 14.8. The monoisotopic (exact) mass is 295 g/mol. The number of carbonyl (C=O) groups is 1. The predicted octanol–water partition coefficient (Wildman–Crippen LogP) is 1.38. The maximum absolute atomic E-state index is 12.1. The minimum Gasteiger partial charge on any atom is -0.408 e. The van der Waals surface area contributed by atoms with Crippen LogP contribution >= 0.6 is 11.3 Å². The van der Waals surface area contributed by atoms with Crippen molar-refractivity contribution in [2.45, 2.75) is 32.6 Å². The minimum absolute atomic E-state index is 0.0313. The molecule has 0 aliphatic heterocycles. The Bertz CT molecular complexity index is 599. The average molecular weight is 295 g/mol. The van der Waals surface area contributed by atoms with E-state index in [2.05, 4.69) is 20.5 Å². The van der Waals surface area contributed by atoms with Crippen molar-refractivity contribution in [2.75, 3.05) is 12.3 Å². The number of thiazole rings is 1. The largest absolute Gasteiger partial charge is 0.408 e. The van der Waals surface area contributed by atoms with Crippen LogP contribution in [0, 0.1) is 0 Å². The van der Waals surface area contributed by atoms with E-state index in [1.54, 1.807) is 5.51 Å². The Morgan fingerprint density at radius 1 is 1.45 bits per heavy atom. The van der Waals surface area contributed by atoms with Gasteiger partial charge in [0.15, 0.2) is 0 Å². The first-order valence-corrected chi connectivity index (χ1v) is 7.06. The molecule has 0 radical (unpaired) electrons. The van der Waals surface area contributed by atoms with Crippen LogP contribution < -0.4 is 11.1 Å². The number of amides is 1. The van der Waals surface area contributed by atoms with E-state index in [0.717, 1.165) is 5.69 Å². The van der Waals surface area contributed by atoms with Crippen LogP contribution in [-0.4, -0.2) is 27.6 Å². The summed E-state index contributed by atoms with van der Waals surface area (Å²) in [6.45, 7) is 6.49. The summed E-state index contributed by atoms with van der Waals surface area (Å²) in [7, 11) is 0. The molecule has 0 atom stereocenters. The molecular formula is C12H17N5O2S. The Kier molecular flexibility index (Phi) is 4.03. The van der Waals surface area contributed by atoms with Gasteiger partial charge in [0, 0.05) is 18.4 Å². The van der Waals surface area contributed by atoms with Crippen molar-refractivity contribution >= 4 is 23.3 Å². The summed E-state index contributed by atoms with van der Waals surface area (Å²) in [6, 6.07) is 0.0313. The van der Waals surface area contributed by atoms with E-state index in [-0.39, 0.29) is 17.3 Å². The number of nitrogens with two attached hydrogens (primary N) is 1. The molecule has 0 aromatic carbocycles. The van der Waals surface area contributed by atoms with Gasteiger partial charge in [0.1, 0.15) is 4.88 Å². The molecule has 0 aliphatic carbocycles. The highest BCUT2D eigenvalue weighted by atomic mass is 32.1. The molecular weight excluding hydrogens is 278 g/mol. The van der Waals surface area contributed by atoms with Crippen molar-refractivity contribution in [1.29, 1.82) is 0 Å². The Morgan fingerprint density at radius 2 is 2.20 bits per heavy atom. The first kappa shape index (κ1) is 14.4. The van der Waals surface area contributed by atoms with Crippen LogP contribution in [0.3, 0.4) is 0 Å². The van der Waals surface area contributed by atoms with Crippen LogP contribution in [0.2, 0.25) is 0 Å². The van der Waals surface area contributed by atoms with E-state index in [1.807, 2.05) is 20.8 Å². The Hall–Kier alpha value is -1.96. The highest BCUT2D eigenvalue weighted by Gasteiger charge is 2.24. The SMILES string of the molecule is CC(C)(C)c1ncsc1C(=O)NCCc1nnc(N)o1. The topological polar surface area (TPSA) is 107 Å². The van der Waals surface area contributed by atoms with Gasteiger partial charge in [-0.15, -0.1) is 16.4 Å². The summed E-state index contributed by atoms with van der Waals surface area (Å²) in [5.74, 6) is 0.271. The van der Waals surface area contributed by atoms with Gasteiger partial charge in [0.05, 0.1) is 11.2 Å². The summed E-state index contributed by atoms with van der Waals surface area (Å²) in [6.07, 6.45) is 0.444. The highest BCUT2D eigenvalue weighted by Crippen LogP contribution is 2.26. The van der Waals surface area contributed by atoms with Crippen molar-refractivity contribution in [3.8, 4) is 0 Å². The third-order valence-electron chi connectivity index (χ3n) is 2.59. The standard InChI is InChI=1S/C12H17N5O2S/c1-12(2,3)9-8(20-6-15-9)10(18)14-5-4-7-16-17-11(13)19-7/h6H,4-5H2,1-3H3,(H2,13,17)(H,14,18). The Labute approximate surface area is 120 Å². The lowest BCUT2D eigenvalue weighted by atomic mass is 9.91. The van der Waals surface area contributed by atoms with E-state index in [0.29, 0.717) is 23.7 Å². The molecule has 2 rings (SSSR count). The lowest BCUT2D eigenvalue weighted by Crippen LogP contribution is -2.28. The molecule has 0 spiro atoms. The first-order valence-electron chi connectivity index (χ1n) is 6.18. The van der Waals surface area contributed by atoms with Crippen molar-refractivity contribution in [3.63, 3.8) is 0 Å². The number of anilines is 1. The lowest BCUT2D eigenvalue weighted by molar-refractivity contribution is 0.0955. The predicted molar refractivity (Wildman–Crippen MR) is 75.6 cm³/mol. The summed E-state index contributed by atoms with van der Waals surface area (Å²) >= 11 is 1.34. The molecule has 2 heterocycles. The van der Waals surface area contributed by atoms with Crippen molar-refractivity contribution in [1.82, 2.24) is 20.5 Å². The van der Waals surface area contributed by atoms with Crippen LogP contribution in [0.5, 0.6) is 0 Å². The minimum atomic E-state index is -0.159. The second-order valence-electron chi connectivity index (χ2n) is 5.32. The quantitative estimate of drug-likeness (QED) is 0.882. The summed E-state index contributed by atoms with van der Waals surface area (Å²) in [5.41, 5.74) is 7.66. The molecule has 0 saturated carbocycles. The molecule has 0 fully saturated rings. The number of nitrogen functional groups attached to an aromatic ring is 1. The second kappa shape index (κ2) is 5.58. The van der Waals surface area contributed by atoms with Gasteiger partial charge in [0.2, 0.25) is 5.89 Å². The van der Waals surface area contributed by atoms with E-state index in [9.17, 15) is 4.79 Å². The number of carbonyl (C=O) groups excluding carboxylic acids is 1. The lowest BCUT2D eigenvalue weighted by Gasteiger charge is -2.17. The van der Waals surface area contributed by atoms with Gasteiger partial charge >= 0.3 is 6.01 Å². The Morgan fingerprint density at radius 3 is 2.80 bits per heavy atom. The van der Waals surface area contributed by atoms with E-state index in [1.165, 1.54) is 11.3 Å². The van der Waals surface area contributed by atoms with Crippen LogP contribution in [0.15, 0.2) is 9.93 Å². The molecule has 0 aliphatic rings. The number of rotatable bonds is 4. The second-order valence-corrected chi connectivity index (χ2v) is 6.17.